The lowest BCUT2D eigenvalue weighted by atomic mass is 9.81. The molecule has 3 nitrogen and oxygen atoms in total. The van der Waals surface area contributed by atoms with Crippen molar-refractivity contribution in [1.82, 2.24) is 0 Å². The maximum absolute atomic E-state index is 12.5. The molecule has 0 saturated carbocycles. The van der Waals surface area contributed by atoms with Gasteiger partial charge in [0.1, 0.15) is 5.75 Å². The zero-order chi connectivity index (χ0) is 14.4. The molecule has 1 aliphatic rings. The van der Waals surface area contributed by atoms with Crippen LogP contribution >= 0.6 is 11.6 Å². The quantitative estimate of drug-likeness (QED) is 0.699. The zero-order valence-electron chi connectivity index (χ0n) is 10.7. The predicted octanol–water partition coefficient (Wildman–Crippen LogP) is 3.21. The van der Waals surface area contributed by atoms with Crippen molar-refractivity contribution >= 4 is 23.2 Å². The first-order valence-corrected chi connectivity index (χ1v) is 6.69. The molecule has 2 aromatic rings. The van der Waals surface area contributed by atoms with Gasteiger partial charge in [0.15, 0.2) is 11.6 Å². The summed E-state index contributed by atoms with van der Waals surface area (Å²) in [7, 11) is 0. The Hall–Kier alpha value is -2.13. The average Bonchev–Trinajstić information content (AvgIpc) is 2.45. The molecule has 0 fully saturated rings. The van der Waals surface area contributed by atoms with Crippen LogP contribution in [0.15, 0.2) is 30.3 Å². The van der Waals surface area contributed by atoms with Crippen molar-refractivity contribution in [1.29, 1.82) is 0 Å². The molecule has 0 unspecified atom stereocenters. The van der Waals surface area contributed by atoms with Gasteiger partial charge in [-0.25, -0.2) is 0 Å². The van der Waals surface area contributed by atoms with Crippen LogP contribution in [0.25, 0.3) is 0 Å². The fraction of sp³-hybridized carbons (Fsp3) is 0.125. The second kappa shape index (κ2) is 4.46. The summed E-state index contributed by atoms with van der Waals surface area (Å²) >= 11 is 5.81. The van der Waals surface area contributed by atoms with E-state index in [4.69, 9.17) is 11.6 Å². The van der Waals surface area contributed by atoms with E-state index in [2.05, 4.69) is 0 Å². The van der Waals surface area contributed by atoms with Crippen LogP contribution in [0.5, 0.6) is 5.75 Å². The Bertz CT molecular complexity index is 763. The fourth-order valence-electron chi connectivity index (χ4n) is 2.58. The van der Waals surface area contributed by atoms with Crippen LogP contribution in [0.3, 0.4) is 0 Å². The van der Waals surface area contributed by atoms with Gasteiger partial charge in [-0.2, -0.15) is 0 Å². The summed E-state index contributed by atoms with van der Waals surface area (Å²) < 4.78 is 0. The van der Waals surface area contributed by atoms with E-state index in [9.17, 15) is 14.7 Å². The second-order valence-corrected chi connectivity index (χ2v) is 5.05. The number of hydrogen-bond donors (Lipinski definition) is 1. The molecule has 0 spiro atoms. The summed E-state index contributed by atoms with van der Waals surface area (Å²) in [5.74, 6) is -0.662. The van der Waals surface area contributed by atoms with Gasteiger partial charge in [0.25, 0.3) is 0 Å². The molecule has 0 aliphatic heterocycles. The Morgan fingerprint density at radius 1 is 1.05 bits per heavy atom. The van der Waals surface area contributed by atoms with E-state index in [0.717, 1.165) is 0 Å². The summed E-state index contributed by atoms with van der Waals surface area (Å²) in [6.45, 7) is 1.76. The number of benzene rings is 2. The molecule has 100 valence electrons. The van der Waals surface area contributed by atoms with Gasteiger partial charge >= 0.3 is 0 Å². The van der Waals surface area contributed by atoms with Gasteiger partial charge in [-0.1, -0.05) is 24.3 Å². The van der Waals surface area contributed by atoms with E-state index in [1.54, 1.807) is 37.3 Å². The first kappa shape index (κ1) is 12.9. The number of hydrogen-bond acceptors (Lipinski definition) is 3. The topological polar surface area (TPSA) is 54.4 Å². The number of fused-ring (bicyclic) bond motifs is 2. The van der Waals surface area contributed by atoms with E-state index in [0.29, 0.717) is 22.3 Å². The minimum atomic E-state index is -0.334. The number of carbonyl (C=O) groups excluding carboxylic acids is 2. The van der Waals surface area contributed by atoms with Crippen molar-refractivity contribution in [2.75, 3.05) is 0 Å². The highest BCUT2D eigenvalue weighted by atomic mass is 35.5. The number of rotatable bonds is 1. The number of carbonyl (C=O) groups is 2. The smallest absolute Gasteiger partial charge is 0.198 e. The molecule has 1 aliphatic carbocycles. The maximum atomic E-state index is 12.5. The van der Waals surface area contributed by atoms with Crippen LogP contribution in [0, 0.1) is 6.92 Å². The minimum absolute atomic E-state index is 0.0648. The molecule has 0 atom stereocenters. The number of ketones is 2. The van der Waals surface area contributed by atoms with Gasteiger partial charge in [0.05, 0.1) is 11.4 Å². The third kappa shape index (κ3) is 1.60. The van der Waals surface area contributed by atoms with Crippen LogP contribution in [0.1, 0.15) is 43.0 Å². The largest absolute Gasteiger partial charge is 0.507 e. The van der Waals surface area contributed by atoms with Gasteiger partial charge in [-0.3, -0.25) is 9.59 Å². The van der Waals surface area contributed by atoms with Crippen LogP contribution in [0.2, 0.25) is 0 Å². The molecular weight excluding hydrogens is 276 g/mol. The van der Waals surface area contributed by atoms with E-state index in [1.807, 2.05) is 0 Å². The van der Waals surface area contributed by atoms with Crippen molar-refractivity contribution < 1.29 is 14.7 Å². The lowest BCUT2D eigenvalue weighted by Crippen LogP contribution is -2.21. The molecule has 0 bridgehead atoms. The van der Waals surface area contributed by atoms with Gasteiger partial charge in [-0.05, 0) is 18.6 Å². The van der Waals surface area contributed by atoms with E-state index < -0.39 is 0 Å². The first-order chi connectivity index (χ1) is 9.56. The van der Waals surface area contributed by atoms with Crippen LogP contribution < -0.4 is 0 Å². The molecule has 3 rings (SSSR count). The average molecular weight is 287 g/mol. The number of phenolic OH excluding ortho intramolecular Hbond substituents is 1. The summed E-state index contributed by atoms with van der Waals surface area (Å²) in [6, 6.07) is 8.26. The zero-order valence-corrected chi connectivity index (χ0v) is 11.5. The molecule has 0 radical (unpaired) electrons. The number of phenols is 1. The molecule has 2 aromatic carbocycles. The molecular formula is C16H11ClO3. The fourth-order valence-corrected chi connectivity index (χ4v) is 2.91. The van der Waals surface area contributed by atoms with E-state index in [1.165, 1.54) is 0 Å². The highest BCUT2D eigenvalue weighted by molar-refractivity contribution is 6.29. The summed E-state index contributed by atoms with van der Waals surface area (Å²) in [5.41, 5.74) is 2.21. The molecule has 1 N–H and O–H groups in total. The highest BCUT2D eigenvalue weighted by Crippen LogP contribution is 2.37. The molecule has 0 heterocycles. The Morgan fingerprint density at radius 2 is 1.65 bits per heavy atom. The van der Waals surface area contributed by atoms with E-state index in [-0.39, 0.29) is 34.3 Å². The Morgan fingerprint density at radius 3 is 2.25 bits per heavy atom. The number of aromatic hydroxyl groups is 1. The standard InChI is InChI=1S/C16H11ClO3/c1-8-6-11-13(16(20)12(8)7-17)15(19)10-5-3-2-4-9(10)14(11)18/h2-6,20H,7H2,1H3. The molecule has 20 heavy (non-hydrogen) atoms. The lowest BCUT2D eigenvalue weighted by Gasteiger charge is -2.20. The Labute approximate surface area is 120 Å². The van der Waals surface area contributed by atoms with Gasteiger partial charge in [0, 0.05) is 22.3 Å². The Kier molecular flexibility index (Phi) is 2.87. The molecule has 0 aromatic heterocycles. The number of alkyl halides is 1. The summed E-state index contributed by atoms with van der Waals surface area (Å²) in [4.78, 5) is 25.0. The lowest BCUT2D eigenvalue weighted by molar-refractivity contribution is 0.0976. The minimum Gasteiger partial charge on any atom is -0.507 e. The van der Waals surface area contributed by atoms with Crippen molar-refractivity contribution in [3.8, 4) is 5.75 Å². The van der Waals surface area contributed by atoms with Crippen molar-refractivity contribution in [3.05, 3.63) is 63.7 Å². The number of halogens is 1. The Balaban J connectivity index is 2.37. The molecule has 4 heteroatoms. The van der Waals surface area contributed by atoms with Crippen LogP contribution in [0.4, 0.5) is 0 Å². The van der Waals surface area contributed by atoms with E-state index >= 15 is 0 Å². The third-order valence-electron chi connectivity index (χ3n) is 3.65. The number of aryl methyl sites for hydroxylation is 1. The predicted molar refractivity (Wildman–Crippen MR) is 75.7 cm³/mol. The van der Waals surface area contributed by atoms with Crippen molar-refractivity contribution in [2.24, 2.45) is 0 Å². The normalized spacial score (nSPS) is 13.1. The first-order valence-electron chi connectivity index (χ1n) is 6.16. The van der Waals surface area contributed by atoms with Gasteiger partial charge in [-0.15, -0.1) is 11.6 Å². The highest BCUT2D eigenvalue weighted by Gasteiger charge is 2.33. The molecule has 0 saturated heterocycles. The van der Waals surface area contributed by atoms with Gasteiger partial charge < -0.3 is 5.11 Å². The molecule has 0 amide bonds. The van der Waals surface area contributed by atoms with Crippen molar-refractivity contribution in [2.45, 2.75) is 12.8 Å². The maximum Gasteiger partial charge on any atom is 0.198 e. The SMILES string of the molecule is Cc1cc2c(c(O)c1CCl)C(=O)c1ccccc1C2=O. The second-order valence-electron chi connectivity index (χ2n) is 4.78. The summed E-state index contributed by atoms with van der Waals surface area (Å²) in [6.07, 6.45) is 0. The van der Waals surface area contributed by atoms with Crippen LogP contribution in [-0.4, -0.2) is 16.7 Å². The monoisotopic (exact) mass is 286 g/mol. The third-order valence-corrected chi connectivity index (χ3v) is 3.92. The van der Waals surface area contributed by atoms with Crippen molar-refractivity contribution in [3.63, 3.8) is 0 Å². The van der Waals surface area contributed by atoms with Gasteiger partial charge in [0.2, 0.25) is 0 Å². The summed E-state index contributed by atoms with van der Waals surface area (Å²) in [5, 5.41) is 10.3. The van der Waals surface area contributed by atoms with Crippen LogP contribution in [-0.2, 0) is 5.88 Å².